The Kier molecular flexibility index (Phi) is 5.79. The summed E-state index contributed by atoms with van der Waals surface area (Å²) in [5, 5.41) is 11.0. The fraction of sp³-hybridized carbons (Fsp3) is 0.875. The molecule has 1 N–H and O–H groups in total. The van der Waals surface area contributed by atoms with E-state index in [2.05, 4.69) is 0 Å². The normalized spacial score (nSPS) is 28.2. The molecule has 21 heavy (non-hydrogen) atoms. The number of hydrogen-bond donors (Lipinski definition) is 1. The SMILES string of the molecule is CCOC(=O)C(C(=O)OCC)C1(O)CC(C)CC(C)(C)C1. The molecule has 1 fully saturated rings. The lowest BCUT2D eigenvalue weighted by Crippen LogP contribution is -2.54. The van der Waals surface area contributed by atoms with Gasteiger partial charge in [-0.2, -0.15) is 0 Å². The van der Waals surface area contributed by atoms with Gasteiger partial charge in [0.15, 0.2) is 5.92 Å². The van der Waals surface area contributed by atoms with Gasteiger partial charge in [-0.3, -0.25) is 9.59 Å². The van der Waals surface area contributed by atoms with Crippen LogP contribution in [0.4, 0.5) is 0 Å². The van der Waals surface area contributed by atoms with Crippen molar-refractivity contribution in [1.29, 1.82) is 0 Å². The van der Waals surface area contributed by atoms with Gasteiger partial charge in [0.05, 0.1) is 18.8 Å². The van der Waals surface area contributed by atoms with E-state index in [-0.39, 0.29) is 24.5 Å². The van der Waals surface area contributed by atoms with Gasteiger partial charge in [-0.15, -0.1) is 0 Å². The quantitative estimate of drug-likeness (QED) is 0.623. The molecule has 0 amide bonds. The fourth-order valence-electron chi connectivity index (χ4n) is 3.80. The van der Waals surface area contributed by atoms with Crippen LogP contribution in [0, 0.1) is 17.3 Å². The highest BCUT2D eigenvalue weighted by Gasteiger charge is 2.53. The molecule has 1 rings (SSSR count). The van der Waals surface area contributed by atoms with Crippen LogP contribution in [-0.2, 0) is 19.1 Å². The zero-order valence-electron chi connectivity index (χ0n) is 13.8. The summed E-state index contributed by atoms with van der Waals surface area (Å²) >= 11 is 0. The van der Waals surface area contributed by atoms with Gasteiger partial charge in [0.1, 0.15) is 0 Å². The highest BCUT2D eigenvalue weighted by molar-refractivity contribution is 5.96. The Morgan fingerprint density at radius 2 is 1.62 bits per heavy atom. The summed E-state index contributed by atoms with van der Waals surface area (Å²) in [7, 11) is 0. The number of carbonyl (C=O) groups excluding carboxylic acids is 2. The van der Waals surface area contributed by atoms with Gasteiger partial charge < -0.3 is 14.6 Å². The van der Waals surface area contributed by atoms with Crippen LogP contribution in [0.15, 0.2) is 0 Å². The number of rotatable bonds is 5. The van der Waals surface area contributed by atoms with Crippen molar-refractivity contribution in [3.8, 4) is 0 Å². The van der Waals surface area contributed by atoms with Crippen molar-refractivity contribution < 1.29 is 24.2 Å². The molecule has 0 bridgehead atoms. The molecule has 1 aliphatic carbocycles. The second-order valence-electron chi connectivity index (χ2n) is 6.90. The van der Waals surface area contributed by atoms with E-state index in [1.165, 1.54) is 0 Å². The summed E-state index contributed by atoms with van der Waals surface area (Å²) in [5.41, 5.74) is -1.54. The van der Waals surface area contributed by atoms with Gasteiger partial charge in [0.25, 0.3) is 0 Å². The molecule has 2 unspecified atom stereocenters. The topological polar surface area (TPSA) is 72.8 Å². The molecule has 0 aromatic rings. The van der Waals surface area contributed by atoms with E-state index in [4.69, 9.17) is 9.47 Å². The van der Waals surface area contributed by atoms with E-state index in [1.807, 2.05) is 20.8 Å². The molecule has 0 heterocycles. The maximum atomic E-state index is 12.2. The van der Waals surface area contributed by atoms with Crippen molar-refractivity contribution in [3.05, 3.63) is 0 Å². The zero-order valence-corrected chi connectivity index (χ0v) is 13.8. The Bertz CT molecular complexity index is 372. The summed E-state index contributed by atoms with van der Waals surface area (Å²) in [4.78, 5) is 24.4. The third kappa shape index (κ3) is 4.43. The molecule has 1 aliphatic rings. The Labute approximate surface area is 127 Å². The average molecular weight is 300 g/mol. The first kappa shape index (κ1) is 18.0. The molecule has 5 heteroatoms. The number of ether oxygens (including phenoxy) is 2. The van der Waals surface area contributed by atoms with Crippen molar-refractivity contribution in [1.82, 2.24) is 0 Å². The summed E-state index contributed by atoms with van der Waals surface area (Å²) in [6, 6.07) is 0. The van der Waals surface area contributed by atoms with Gasteiger partial charge in [-0.25, -0.2) is 0 Å². The minimum atomic E-state index is -1.40. The maximum absolute atomic E-state index is 12.2. The van der Waals surface area contributed by atoms with E-state index in [0.29, 0.717) is 12.8 Å². The number of hydrogen-bond acceptors (Lipinski definition) is 5. The first-order chi connectivity index (χ1) is 9.65. The number of esters is 2. The second kappa shape index (κ2) is 6.77. The molecular formula is C16H28O5. The second-order valence-corrected chi connectivity index (χ2v) is 6.90. The predicted molar refractivity (Wildman–Crippen MR) is 78.5 cm³/mol. The van der Waals surface area contributed by atoms with Gasteiger partial charge in [0.2, 0.25) is 0 Å². The molecular weight excluding hydrogens is 272 g/mol. The number of carbonyl (C=O) groups is 2. The Morgan fingerprint density at radius 3 is 2.00 bits per heavy atom. The van der Waals surface area contributed by atoms with E-state index in [9.17, 15) is 14.7 Å². The highest BCUT2D eigenvalue weighted by Crippen LogP contribution is 2.47. The van der Waals surface area contributed by atoms with E-state index in [1.54, 1.807) is 13.8 Å². The third-order valence-corrected chi connectivity index (χ3v) is 3.97. The molecule has 1 saturated carbocycles. The van der Waals surface area contributed by atoms with Crippen LogP contribution in [0.3, 0.4) is 0 Å². The average Bonchev–Trinajstić information content (AvgIpc) is 2.25. The van der Waals surface area contributed by atoms with E-state index in [0.717, 1.165) is 6.42 Å². The minimum Gasteiger partial charge on any atom is -0.465 e. The molecule has 122 valence electrons. The molecule has 0 spiro atoms. The molecule has 0 aliphatic heterocycles. The smallest absolute Gasteiger partial charge is 0.323 e. The summed E-state index contributed by atoms with van der Waals surface area (Å²) in [5.74, 6) is -2.42. The van der Waals surface area contributed by atoms with Gasteiger partial charge in [-0.05, 0) is 44.4 Å². The van der Waals surface area contributed by atoms with Crippen LogP contribution >= 0.6 is 0 Å². The molecule has 2 atom stereocenters. The van der Waals surface area contributed by atoms with Gasteiger partial charge in [0, 0.05) is 0 Å². The van der Waals surface area contributed by atoms with Crippen molar-refractivity contribution >= 4 is 11.9 Å². The highest BCUT2D eigenvalue weighted by atomic mass is 16.6. The summed E-state index contributed by atoms with van der Waals surface area (Å²) in [6.07, 6.45) is 1.74. The van der Waals surface area contributed by atoms with Gasteiger partial charge in [-0.1, -0.05) is 20.8 Å². The minimum absolute atomic E-state index is 0.135. The van der Waals surface area contributed by atoms with Crippen LogP contribution in [0.5, 0.6) is 0 Å². The van der Waals surface area contributed by atoms with Crippen LogP contribution in [0.1, 0.15) is 53.9 Å². The standard InChI is InChI=1S/C16H28O5/c1-6-20-13(17)12(14(18)21-7-2)16(19)9-11(3)8-15(4,5)10-16/h11-12,19H,6-10H2,1-5H3. The fourth-order valence-corrected chi connectivity index (χ4v) is 3.80. The van der Waals surface area contributed by atoms with Crippen molar-refractivity contribution in [2.75, 3.05) is 13.2 Å². The van der Waals surface area contributed by atoms with Crippen LogP contribution < -0.4 is 0 Å². The first-order valence-corrected chi connectivity index (χ1v) is 7.71. The molecule has 0 aromatic carbocycles. The largest absolute Gasteiger partial charge is 0.465 e. The lowest BCUT2D eigenvalue weighted by Gasteiger charge is -2.46. The van der Waals surface area contributed by atoms with Crippen molar-refractivity contribution in [2.45, 2.75) is 59.5 Å². The Hall–Kier alpha value is -1.10. The van der Waals surface area contributed by atoms with E-state index < -0.39 is 23.5 Å². The summed E-state index contributed by atoms with van der Waals surface area (Å²) < 4.78 is 9.99. The van der Waals surface area contributed by atoms with E-state index >= 15 is 0 Å². The molecule has 5 nitrogen and oxygen atoms in total. The van der Waals surface area contributed by atoms with Crippen LogP contribution in [0.2, 0.25) is 0 Å². The maximum Gasteiger partial charge on any atom is 0.323 e. The number of aliphatic hydroxyl groups is 1. The Balaban J connectivity index is 3.10. The molecule has 0 radical (unpaired) electrons. The predicted octanol–water partition coefficient (Wildman–Crippen LogP) is 2.31. The Morgan fingerprint density at radius 1 is 1.14 bits per heavy atom. The van der Waals surface area contributed by atoms with Crippen molar-refractivity contribution in [2.24, 2.45) is 17.3 Å². The monoisotopic (exact) mass is 300 g/mol. The van der Waals surface area contributed by atoms with Gasteiger partial charge >= 0.3 is 11.9 Å². The van der Waals surface area contributed by atoms with Crippen LogP contribution in [-0.4, -0.2) is 35.9 Å². The summed E-state index contributed by atoms with van der Waals surface area (Å²) in [6.45, 7) is 9.81. The molecule has 0 saturated heterocycles. The van der Waals surface area contributed by atoms with Crippen LogP contribution in [0.25, 0.3) is 0 Å². The first-order valence-electron chi connectivity index (χ1n) is 7.71. The third-order valence-electron chi connectivity index (χ3n) is 3.97. The van der Waals surface area contributed by atoms with Crippen molar-refractivity contribution in [3.63, 3.8) is 0 Å². The lowest BCUT2D eigenvalue weighted by atomic mass is 9.62. The zero-order chi connectivity index (χ0) is 16.3. The molecule has 0 aromatic heterocycles. The lowest BCUT2D eigenvalue weighted by molar-refractivity contribution is -0.182.